The molecule has 0 saturated heterocycles. The van der Waals surface area contributed by atoms with E-state index in [1.807, 2.05) is 24.3 Å². The van der Waals surface area contributed by atoms with E-state index in [0.717, 1.165) is 5.69 Å². The number of aromatic nitrogens is 5. The van der Waals surface area contributed by atoms with Crippen molar-refractivity contribution in [2.45, 2.75) is 0 Å². The summed E-state index contributed by atoms with van der Waals surface area (Å²) in [5, 5.41) is 2.99. The van der Waals surface area contributed by atoms with Gasteiger partial charge in [-0.05, 0) is 18.2 Å². The molecule has 1 aromatic carbocycles. The van der Waals surface area contributed by atoms with Crippen LogP contribution in [0.25, 0.3) is 11.4 Å². The van der Waals surface area contributed by atoms with Crippen LogP contribution in [-0.2, 0) is 0 Å². The number of hydrogen-bond acceptors (Lipinski definition) is 7. The molecule has 0 saturated carbocycles. The number of nitrogens with zero attached hydrogens (tertiary/aromatic N) is 5. The molecule has 0 aliphatic heterocycles. The van der Waals surface area contributed by atoms with E-state index in [4.69, 9.17) is 0 Å². The first-order chi connectivity index (χ1) is 13.3. The summed E-state index contributed by atoms with van der Waals surface area (Å²) in [5.74, 6) is 0.373. The van der Waals surface area contributed by atoms with Crippen LogP contribution in [0.2, 0.25) is 0 Å². The smallest absolute Gasteiger partial charge is 0.229 e. The molecule has 3 aromatic heterocycles. The average molecular weight is 354 g/mol. The molecule has 0 aliphatic carbocycles. The lowest BCUT2D eigenvalue weighted by atomic mass is 10.1. The third-order valence-electron chi connectivity index (χ3n) is 3.76. The lowest BCUT2D eigenvalue weighted by molar-refractivity contribution is 0.103. The van der Waals surface area contributed by atoms with E-state index in [-0.39, 0.29) is 11.5 Å². The fourth-order valence-electron chi connectivity index (χ4n) is 2.50. The minimum absolute atomic E-state index is 0.204. The Bertz CT molecular complexity index is 1070. The van der Waals surface area contributed by atoms with Crippen LogP contribution in [0, 0.1) is 0 Å². The van der Waals surface area contributed by atoms with E-state index in [1.54, 1.807) is 42.7 Å². The quantitative estimate of drug-likeness (QED) is 0.550. The molecule has 4 rings (SSSR count). The normalized spacial score (nSPS) is 10.4. The Balaban J connectivity index is 1.65. The number of rotatable bonds is 5. The molecule has 130 valence electrons. The van der Waals surface area contributed by atoms with Crippen molar-refractivity contribution in [3.8, 4) is 11.4 Å². The zero-order chi connectivity index (χ0) is 18.5. The predicted octanol–water partition coefficient (Wildman–Crippen LogP) is 3.30. The van der Waals surface area contributed by atoms with E-state index < -0.39 is 0 Å². The standard InChI is InChI=1S/C20H14N6O/c27-18(14-6-2-1-3-7-14)17-19(23-13-12-22-17)26-20-24-11-9-16(25-20)15-8-4-5-10-21-15/h1-13H,(H,23,24,25,26). The maximum absolute atomic E-state index is 12.8. The molecule has 0 fully saturated rings. The summed E-state index contributed by atoms with van der Waals surface area (Å²) in [5.41, 5.74) is 2.12. The Kier molecular flexibility index (Phi) is 4.57. The predicted molar refractivity (Wildman–Crippen MR) is 100 cm³/mol. The molecule has 0 unspecified atom stereocenters. The fraction of sp³-hybridized carbons (Fsp3) is 0. The highest BCUT2D eigenvalue weighted by molar-refractivity contribution is 6.10. The molecule has 0 bridgehead atoms. The Morgan fingerprint density at radius 2 is 1.52 bits per heavy atom. The summed E-state index contributed by atoms with van der Waals surface area (Å²) in [7, 11) is 0. The molecule has 0 aliphatic rings. The van der Waals surface area contributed by atoms with Crippen molar-refractivity contribution < 1.29 is 4.79 Å². The maximum atomic E-state index is 12.8. The molecular weight excluding hydrogens is 340 g/mol. The minimum Gasteiger partial charge on any atom is -0.307 e. The Labute approximate surface area is 155 Å². The molecule has 7 nitrogen and oxygen atoms in total. The minimum atomic E-state index is -0.230. The molecule has 3 heterocycles. The van der Waals surface area contributed by atoms with Gasteiger partial charge >= 0.3 is 0 Å². The summed E-state index contributed by atoms with van der Waals surface area (Å²) >= 11 is 0. The Morgan fingerprint density at radius 3 is 2.33 bits per heavy atom. The summed E-state index contributed by atoms with van der Waals surface area (Å²) in [6.07, 6.45) is 6.30. The van der Waals surface area contributed by atoms with Crippen LogP contribution < -0.4 is 5.32 Å². The second-order valence-corrected chi connectivity index (χ2v) is 5.55. The van der Waals surface area contributed by atoms with Crippen LogP contribution in [0.5, 0.6) is 0 Å². The molecule has 7 heteroatoms. The number of hydrogen-bond donors (Lipinski definition) is 1. The van der Waals surface area contributed by atoms with Crippen molar-refractivity contribution in [2.24, 2.45) is 0 Å². The van der Waals surface area contributed by atoms with E-state index in [0.29, 0.717) is 23.0 Å². The first kappa shape index (κ1) is 16.5. The summed E-state index contributed by atoms with van der Waals surface area (Å²) in [6.45, 7) is 0. The number of anilines is 2. The van der Waals surface area contributed by atoms with Gasteiger partial charge in [0.1, 0.15) is 0 Å². The van der Waals surface area contributed by atoms with Crippen LogP contribution in [0.15, 0.2) is 79.4 Å². The zero-order valence-corrected chi connectivity index (χ0v) is 14.1. The van der Waals surface area contributed by atoms with Gasteiger partial charge in [0.2, 0.25) is 11.7 Å². The highest BCUT2D eigenvalue weighted by Gasteiger charge is 2.17. The number of nitrogens with one attached hydrogen (secondary N) is 1. The highest BCUT2D eigenvalue weighted by Crippen LogP contribution is 2.19. The van der Waals surface area contributed by atoms with Crippen molar-refractivity contribution in [3.05, 3.63) is 90.6 Å². The first-order valence-electron chi connectivity index (χ1n) is 8.23. The van der Waals surface area contributed by atoms with Gasteiger partial charge in [0.05, 0.1) is 11.4 Å². The van der Waals surface area contributed by atoms with Crippen LogP contribution in [0.3, 0.4) is 0 Å². The van der Waals surface area contributed by atoms with Crippen LogP contribution in [0.1, 0.15) is 16.1 Å². The molecule has 0 radical (unpaired) electrons. The highest BCUT2D eigenvalue weighted by atomic mass is 16.1. The molecular formula is C20H14N6O. The zero-order valence-electron chi connectivity index (χ0n) is 14.1. The number of carbonyl (C=O) groups is 1. The number of benzene rings is 1. The van der Waals surface area contributed by atoms with Crippen molar-refractivity contribution in [1.82, 2.24) is 24.9 Å². The van der Waals surface area contributed by atoms with Crippen molar-refractivity contribution in [3.63, 3.8) is 0 Å². The van der Waals surface area contributed by atoms with Crippen molar-refractivity contribution in [1.29, 1.82) is 0 Å². The van der Waals surface area contributed by atoms with Gasteiger partial charge in [-0.2, -0.15) is 0 Å². The summed E-state index contributed by atoms with van der Waals surface area (Å²) < 4.78 is 0. The van der Waals surface area contributed by atoms with Crippen LogP contribution in [0.4, 0.5) is 11.8 Å². The van der Waals surface area contributed by atoms with E-state index >= 15 is 0 Å². The van der Waals surface area contributed by atoms with Crippen LogP contribution >= 0.6 is 0 Å². The molecule has 27 heavy (non-hydrogen) atoms. The second kappa shape index (κ2) is 7.49. The molecule has 4 aromatic rings. The van der Waals surface area contributed by atoms with Crippen molar-refractivity contribution in [2.75, 3.05) is 5.32 Å². The lowest BCUT2D eigenvalue weighted by Crippen LogP contribution is -2.10. The number of carbonyl (C=O) groups excluding carboxylic acids is 1. The molecule has 0 spiro atoms. The number of ketones is 1. The summed E-state index contributed by atoms with van der Waals surface area (Å²) in [6, 6.07) is 16.3. The second-order valence-electron chi connectivity index (χ2n) is 5.55. The van der Waals surface area contributed by atoms with E-state index in [1.165, 1.54) is 12.4 Å². The third kappa shape index (κ3) is 3.67. The topological polar surface area (TPSA) is 93.6 Å². The van der Waals surface area contributed by atoms with Crippen molar-refractivity contribution >= 4 is 17.5 Å². The molecule has 1 N–H and O–H groups in total. The summed E-state index contributed by atoms with van der Waals surface area (Å²) in [4.78, 5) is 34.1. The SMILES string of the molecule is O=C(c1ccccc1)c1nccnc1Nc1nccc(-c2ccccn2)n1. The van der Waals surface area contributed by atoms with Gasteiger partial charge in [-0.25, -0.2) is 19.9 Å². The van der Waals surface area contributed by atoms with Gasteiger partial charge in [-0.3, -0.25) is 9.78 Å². The number of pyridine rings is 1. The molecule has 0 amide bonds. The average Bonchev–Trinajstić information content (AvgIpc) is 2.75. The fourth-order valence-corrected chi connectivity index (χ4v) is 2.50. The van der Waals surface area contributed by atoms with Gasteiger partial charge in [0.25, 0.3) is 0 Å². The Hall–Kier alpha value is -4.00. The first-order valence-corrected chi connectivity index (χ1v) is 8.23. The van der Waals surface area contributed by atoms with Gasteiger partial charge in [0.15, 0.2) is 11.5 Å². The monoisotopic (exact) mass is 354 g/mol. The van der Waals surface area contributed by atoms with Gasteiger partial charge < -0.3 is 5.32 Å². The Morgan fingerprint density at radius 1 is 0.704 bits per heavy atom. The van der Waals surface area contributed by atoms with Gasteiger partial charge in [0, 0.05) is 30.4 Å². The van der Waals surface area contributed by atoms with Gasteiger partial charge in [-0.15, -0.1) is 0 Å². The lowest BCUT2D eigenvalue weighted by Gasteiger charge is -2.09. The van der Waals surface area contributed by atoms with Crippen LogP contribution in [-0.4, -0.2) is 30.7 Å². The molecule has 0 atom stereocenters. The van der Waals surface area contributed by atoms with E-state index in [9.17, 15) is 4.79 Å². The maximum Gasteiger partial charge on any atom is 0.229 e. The largest absolute Gasteiger partial charge is 0.307 e. The van der Waals surface area contributed by atoms with Gasteiger partial charge in [-0.1, -0.05) is 36.4 Å². The third-order valence-corrected chi connectivity index (χ3v) is 3.76. The van der Waals surface area contributed by atoms with E-state index in [2.05, 4.69) is 30.2 Å².